The Morgan fingerprint density at radius 3 is 2.45 bits per heavy atom. The van der Waals surface area contributed by atoms with Gasteiger partial charge >= 0.3 is 5.97 Å². The van der Waals surface area contributed by atoms with Crippen LogP contribution in [0.4, 0.5) is 0 Å². The Morgan fingerprint density at radius 1 is 1.20 bits per heavy atom. The molecule has 0 N–H and O–H groups in total. The maximum absolute atomic E-state index is 12.0. The molecule has 1 aromatic rings. The molecule has 0 aliphatic rings. The van der Waals surface area contributed by atoms with Crippen molar-refractivity contribution in [2.45, 2.75) is 31.6 Å². The molecule has 20 heavy (non-hydrogen) atoms. The summed E-state index contributed by atoms with van der Waals surface area (Å²) in [6.07, 6.45) is 1.25. The Labute approximate surface area is 119 Å². The molecule has 0 heterocycles. The third-order valence-electron chi connectivity index (χ3n) is 2.66. The maximum Gasteiger partial charge on any atom is 0.341 e. The highest BCUT2D eigenvalue weighted by atomic mass is 32.2. The second-order valence-electron chi connectivity index (χ2n) is 4.32. The largest absolute Gasteiger partial charge is 0.496 e. The smallest absolute Gasteiger partial charge is 0.341 e. The summed E-state index contributed by atoms with van der Waals surface area (Å²) < 4.78 is 34.1. The number of carbonyl (C=O) groups excluding carboxylic acids is 1. The van der Waals surface area contributed by atoms with Gasteiger partial charge in [-0.3, -0.25) is 0 Å². The minimum atomic E-state index is -3.33. The molecule has 0 amide bonds. The Balaban J connectivity index is 3.11. The first-order chi connectivity index (χ1) is 9.46. The van der Waals surface area contributed by atoms with Crippen LogP contribution in [0.3, 0.4) is 0 Å². The van der Waals surface area contributed by atoms with E-state index < -0.39 is 15.8 Å². The molecule has 0 aliphatic heterocycles. The normalized spacial score (nSPS) is 11.2. The lowest BCUT2D eigenvalue weighted by atomic mass is 10.2. The van der Waals surface area contributed by atoms with Gasteiger partial charge in [-0.15, -0.1) is 0 Å². The van der Waals surface area contributed by atoms with E-state index >= 15 is 0 Å². The molecule has 0 aliphatic carbocycles. The van der Waals surface area contributed by atoms with Crippen LogP contribution >= 0.6 is 0 Å². The second-order valence-corrected chi connectivity index (χ2v) is 6.43. The van der Waals surface area contributed by atoms with Gasteiger partial charge in [-0.05, 0) is 31.0 Å². The summed E-state index contributed by atoms with van der Waals surface area (Å²) in [6.45, 7) is 4.01. The van der Waals surface area contributed by atoms with E-state index in [1.807, 2.05) is 6.92 Å². The van der Waals surface area contributed by atoms with E-state index in [4.69, 9.17) is 9.47 Å². The van der Waals surface area contributed by atoms with Gasteiger partial charge in [0.05, 0.1) is 24.4 Å². The number of hydrogen-bond acceptors (Lipinski definition) is 5. The van der Waals surface area contributed by atoms with E-state index in [1.165, 1.54) is 25.3 Å². The highest BCUT2D eigenvalue weighted by Gasteiger charge is 2.19. The zero-order chi connectivity index (χ0) is 15.2. The lowest BCUT2D eigenvalue weighted by Gasteiger charge is -2.10. The van der Waals surface area contributed by atoms with Crippen LogP contribution in [-0.2, 0) is 14.6 Å². The first-order valence-electron chi connectivity index (χ1n) is 6.54. The summed E-state index contributed by atoms with van der Waals surface area (Å²) in [7, 11) is -1.94. The van der Waals surface area contributed by atoms with Gasteiger partial charge in [0.25, 0.3) is 0 Å². The molecule has 1 rings (SSSR count). The van der Waals surface area contributed by atoms with Gasteiger partial charge < -0.3 is 9.47 Å². The quantitative estimate of drug-likeness (QED) is 0.723. The molecular weight excluding hydrogens is 280 g/mol. The summed E-state index contributed by atoms with van der Waals surface area (Å²) >= 11 is 0. The summed E-state index contributed by atoms with van der Waals surface area (Å²) in [6, 6.07) is 4.21. The predicted molar refractivity (Wildman–Crippen MR) is 75.9 cm³/mol. The van der Waals surface area contributed by atoms with Gasteiger partial charge in [0.15, 0.2) is 9.84 Å². The van der Waals surface area contributed by atoms with Crippen molar-refractivity contribution in [2.75, 3.05) is 19.5 Å². The summed E-state index contributed by atoms with van der Waals surface area (Å²) in [4.78, 5) is 12.0. The average molecular weight is 300 g/mol. The van der Waals surface area contributed by atoms with Gasteiger partial charge in [-0.25, -0.2) is 13.2 Å². The van der Waals surface area contributed by atoms with Crippen LogP contribution in [0.2, 0.25) is 0 Å². The highest BCUT2D eigenvalue weighted by Crippen LogP contribution is 2.24. The van der Waals surface area contributed by atoms with Crippen LogP contribution in [0, 0.1) is 0 Å². The zero-order valence-electron chi connectivity index (χ0n) is 12.0. The molecular formula is C14H20O5S. The minimum Gasteiger partial charge on any atom is -0.496 e. The molecule has 0 atom stereocenters. The SMILES string of the molecule is CCCOC(=O)c1ccc(S(=O)(=O)CCC)cc1OC. The highest BCUT2D eigenvalue weighted by molar-refractivity contribution is 7.91. The Bertz CT molecular complexity index is 563. The maximum atomic E-state index is 12.0. The minimum absolute atomic E-state index is 0.0653. The van der Waals surface area contributed by atoms with Crippen molar-refractivity contribution in [2.24, 2.45) is 0 Å². The molecule has 0 saturated carbocycles. The van der Waals surface area contributed by atoms with E-state index in [9.17, 15) is 13.2 Å². The van der Waals surface area contributed by atoms with E-state index in [2.05, 4.69) is 0 Å². The third-order valence-corrected chi connectivity index (χ3v) is 4.58. The van der Waals surface area contributed by atoms with Crippen molar-refractivity contribution in [3.05, 3.63) is 23.8 Å². The van der Waals surface area contributed by atoms with Gasteiger partial charge in [-0.2, -0.15) is 0 Å². The van der Waals surface area contributed by atoms with E-state index in [1.54, 1.807) is 6.92 Å². The van der Waals surface area contributed by atoms with E-state index in [0.717, 1.165) is 6.42 Å². The molecule has 0 saturated heterocycles. The van der Waals surface area contributed by atoms with Crippen molar-refractivity contribution in [1.29, 1.82) is 0 Å². The first kappa shape index (κ1) is 16.5. The number of carbonyl (C=O) groups is 1. The summed E-state index contributed by atoms with van der Waals surface area (Å²) in [5.41, 5.74) is 0.233. The first-order valence-corrected chi connectivity index (χ1v) is 8.19. The van der Waals surface area contributed by atoms with Crippen LogP contribution in [-0.4, -0.2) is 33.9 Å². The summed E-state index contributed by atoms with van der Waals surface area (Å²) in [5, 5.41) is 0. The molecule has 0 bridgehead atoms. The predicted octanol–water partition coefficient (Wildman–Crippen LogP) is 2.45. The second kappa shape index (κ2) is 7.28. The third kappa shape index (κ3) is 3.96. The van der Waals surface area contributed by atoms with Crippen LogP contribution in [0.5, 0.6) is 5.75 Å². The Morgan fingerprint density at radius 2 is 1.90 bits per heavy atom. The van der Waals surface area contributed by atoms with Crippen molar-refractivity contribution < 1.29 is 22.7 Å². The van der Waals surface area contributed by atoms with Crippen molar-refractivity contribution >= 4 is 15.8 Å². The van der Waals surface area contributed by atoms with E-state index in [-0.39, 0.29) is 22.0 Å². The number of benzene rings is 1. The van der Waals surface area contributed by atoms with Gasteiger partial charge in [0, 0.05) is 0 Å². The lowest BCUT2D eigenvalue weighted by Crippen LogP contribution is -2.10. The topological polar surface area (TPSA) is 69.7 Å². The molecule has 0 aromatic heterocycles. The van der Waals surface area contributed by atoms with Crippen molar-refractivity contribution in [3.8, 4) is 5.75 Å². The number of ether oxygens (including phenoxy) is 2. The molecule has 5 nitrogen and oxygen atoms in total. The molecule has 0 unspecified atom stereocenters. The van der Waals surface area contributed by atoms with Gasteiger partial charge in [0.1, 0.15) is 11.3 Å². The van der Waals surface area contributed by atoms with Gasteiger partial charge in [-0.1, -0.05) is 13.8 Å². The number of hydrogen-bond donors (Lipinski definition) is 0. The summed E-state index contributed by atoms with van der Waals surface area (Å²) in [5.74, 6) is -0.234. The van der Waals surface area contributed by atoms with E-state index in [0.29, 0.717) is 13.0 Å². The molecule has 0 fully saturated rings. The molecule has 1 aromatic carbocycles. The molecule has 0 spiro atoms. The van der Waals surface area contributed by atoms with Crippen molar-refractivity contribution in [3.63, 3.8) is 0 Å². The number of sulfone groups is 1. The lowest BCUT2D eigenvalue weighted by molar-refractivity contribution is 0.0501. The molecule has 0 radical (unpaired) electrons. The number of rotatable bonds is 7. The average Bonchev–Trinajstić information content (AvgIpc) is 2.43. The Kier molecular flexibility index (Phi) is 6.01. The van der Waals surface area contributed by atoms with Crippen LogP contribution < -0.4 is 4.74 Å². The zero-order valence-corrected chi connectivity index (χ0v) is 12.8. The van der Waals surface area contributed by atoms with Gasteiger partial charge in [0.2, 0.25) is 0 Å². The molecule has 6 heteroatoms. The van der Waals surface area contributed by atoms with Crippen molar-refractivity contribution in [1.82, 2.24) is 0 Å². The fraction of sp³-hybridized carbons (Fsp3) is 0.500. The van der Waals surface area contributed by atoms with Crippen LogP contribution in [0.15, 0.2) is 23.1 Å². The van der Waals surface area contributed by atoms with Crippen LogP contribution in [0.25, 0.3) is 0 Å². The Hall–Kier alpha value is -1.56. The fourth-order valence-corrected chi connectivity index (χ4v) is 3.03. The van der Waals surface area contributed by atoms with Crippen LogP contribution in [0.1, 0.15) is 37.0 Å². The number of methoxy groups -OCH3 is 1. The fourth-order valence-electron chi connectivity index (χ4n) is 1.69. The standard InChI is InChI=1S/C14H20O5S/c1-4-8-19-14(15)12-7-6-11(10-13(12)18-3)20(16,17)9-5-2/h6-7,10H,4-5,8-9H2,1-3H3. The number of esters is 1. The molecule has 112 valence electrons. The monoisotopic (exact) mass is 300 g/mol.